The molecule has 1 aromatic rings. The number of aliphatic hydroxyl groups is 1. The number of unbranched alkanes of at least 4 members (excludes halogenated alkanes) is 1. The zero-order valence-electron chi connectivity index (χ0n) is 31.7. The third kappa shape index (κ3) is 5.86. The Balaban J connectivity index is 1.19. The summed E-state index contributed by atoms with van der Waals surface area (Å²) in [6.07, 6.45) is 11.7. The number of hydrogen-bond acceptors (Lipinski definition) is 4. The van der Waals surface area contributed by atoms with Crippen molar-refractivity contribution in [2.75, 3.05) is 6.54 Å². The molecule has 5 aliphatic carbocycles. The number of carbonyl (C=O) groups is 3. The maximum absolute atomic E-state index is 14.6. The Morgan fingerprint density at radius 1 is 0.860 bits per heavy atom. The molecule has 7 nitrogen and oxygen atoms in total. The van der Waals surface area contributed by atoms with Crippen molar-refractivity contribution in [1.29, 1.82) is 0 Å². The van der Waals surface area contributed by atoms with Crippen LogP contribution in [0.1, 0.15) is 141 Å². The van der Waals surface area contributed by atoms with Gasteiger partial charge in [-0.3, -0.25) is 14.4 Å². The number of allylic oxidation sites excluding steroid dienone is 1. The van der Waals surface area contributed by atoms with Gasteiger partial charge in [-0.05, 0) is 153 Å². The molecule has 1 aromatic carbocycles. The monoisotopic (exact) mass is 688 g/mol. The third-order valence-electron chi connectivity index (χ3n) is 16.2. The van der Waals surface area contributed by atoms with Gasteiger partial charge >= 0.3 is 5.97 Å². The van der Waals surface area contributed by atoms with Crippen LogP contribution in [-0.4, -0.2) is 40.6 Å². The zero-order chi connectivity index (χ0) is 36.3. The minimum absolute atomic E-state index is 0.0605. The third-order valence-corrected chi connectivity index (χ3v) is 16.2. The highest BCUT2D eigenvalue weighted by Gasteiger charge is 2.71. The van der Waals surface area contributed by atoms with E-state index in [4.69, 9.17) is 5.11 Å². The first-order chi connectivity index (χ1) is 23.5. The molecule has 4 N–H and O–H groups in total. The number of fused-ring (bicyclic) bond motifs is 7. The van der Waals surface area contributed by atoms with Gasteiger partial charge in [0.1, 0.15) is 0 Å². The van der Waals surface area contributed by atoms with Crippen molar-refractivity contribution < 1.29 is 24.6 Å². The lowest BCUT2D eigenvalue weighted by Gasteiger charge is -2.72. The Kier molecular flexibility index (Phi) is 9.93. The Labute approximate surface area is 300 Å². The largest absolute Gasteiger partial charge is 0.481 e. The highest BCUT2D eigenvalue weighted by Crippen LogP contribution is 2.77. The molecule has 0 spiro atoms. The second-order valence-corrected chi connectivity index (χ2v) is 18.7. The van der Waals surface area contributed by atoms with Crippen LogP contribution in [0.2, 0.25) is 0 Å². The summed E-state index contributed by atoms with van der Waals surface area (Å²) in [4.78, 5) is 38.2. The van der Waals surface area contributed by atoms with Gasteiger partial charge in [0.15, 0.2) is 0 Å². The molecule has 7 heteroatoms. The molecule has 0 saturated heterocycles. The molecule has 2 amide bonds. The second kappa shape index (κ2) is 13.4. The Morgan fingerprint density at radius 2 is 1.62 bits per heavy atom. The van der Waals surface area contributed by atoms with Crippen LogP contribution in [0.25, 0.3) is 0 Å². The van der Waals surface area contributed by atoms with E-state index in [0.717, 1.165) is 44.1 Å². The molecule has 50 heavy (non-hydrogen) atoms. The molecule has 5 saturated carbocycles. The van der Waals surface area contributed by atoms with E-state index in [-0.39, 0.29) is 51.9 Å². The van der Waals surface area contributed by atoms with Crippen LogP contribution < -0.4 is 10.6 Å². The average Bonchev–Trinajstić information content (AvgIpc) is 3.47. The van der Waals surface area contributed by atoms with Gasteiger partial charge in [0, 0.05) is 25.1 Å². The molecular weight excluding hydrogens is 624 g/mol. The van der Waals surface area contributed by atoms with Crippen LogP contribution in [0.3, 0.4) is 0 Å². The summed E-state index contributed by atoms with van der Waals surface area (Å²) in [5.41, 5.74) is 2.78. The van der Waals surface area contributed by atoms with Crippen LogP contribution in [0.15, 0.2) is 36.4 Å². The number of rotatable bonds is 10. The van der Waals surface area contributed by atoms with Crippen molar-refractivity contribution >= 4 is 17.8 Å². The molecule has 10 atom stereocenters. The molecule has 276 valence electrons. The average molecular weight is 689 g/mol. The number of nitrogens with one attached hydrogen (secondary N) is 2. The zero-order valence-corrected chi connectivity index (χ0v) is 31.7. The molecule has 6 rings (SSSR count). The fourth-order valence-corrected chi connectivity index (χ4v) is 13.4. The van der Waals surface area contributed by atoms with Crippen LogP contribution in [0.5, 0.6) is 0 Å². The smallest absolute Gasteiger partial charge is 0.303 e. The van der Waals surface area contributed by atoms with E-state index in [0.29, 0.717) is 55.2 Å². The number of carbonyl (C=O) groups excluding carboxylic acids is 2. The molecule has 0 bridgehead atoms. The molecule has 5 aliphatic rings. The van der Waals surface area contributed by atoms with Crippen LogP contribution in [0, 0.1) is 56.7 Å². The number of carboxylic acid groups (broad SMARTS) is 1. The van der Waals surface area contributed by atoms with Crippen molar-refractivity contribution in [3.8, 4) is 0 Å². The fourth-order valence-electron chi connectivity index (χ4n) is 13.4. The number of benzene rings is 1. The van der Waals surface area contributed by atoms with Crippen LogP contribution >= 0.6 is 0 Å². The standard InChI is InChI=1S/C43H64N2O5/c1-27(2)30-16-21-43(38(50)45-26-28-11-10-12-29(25-28)37(49)44-24-9-8-13-35(47)48)23-22-41(6)31(36(30)43)14-15-33-40(5)19-18-34(46)39(3,4)32(40)17-20-42(33,41)7/h10-12,25,30-34,36,46H,1,8-9,13-24,26H2,2-7H3,(H,44,49)(H,45,50)(H,47,48)/t30-,31+,32-,33+,34-,36+,40-,41+,42+,43-/m0/s1. The van der Waals surface area contributed by atoms with Crippen molar-refractivity contribution in [1.82, 2.24) is 10.6 Å². The molecule has 0 heterocycles. The Bertz CT molecular complexity index is 1500. The molecule has 0 aromatic heterocycles. The van der Waals surface area contributed by atoms with E-state index in [1.807, 2.05) is 18.2 Å². The molecule has 0 unspecified atom stereocenters. The summed E-state index contributed by atoms with van der Waals surface area (Å²) in [6.45, 7) is 19.9. The van der Waals surface area contributed by atoms with Crippen molar-refractivity contribution in [3.05, 3.63) is 47.5 Å². The summed E-state index contributed by atoms with van der Waals surface area (Å²) >= 11 is 0. The SMILES string of the molecule is C=C(C)[C@@H]1CC[C@]2(C(=O)NCc3cccc(C(=O)NCCCCC(=O)O)c3)CC[C@]3(C)[C@H](CC[C@@H]4[C@@]5(C)CC[C@H](O)C(C)(C)[C@@H]5CC[C@]43C)[C@@H]12. The van der Waals surface area contributed by atoms with Gasteiger partial charge in [-0.25, -0.2) is 0 Å². The summed E-state index contributed by atoms with van der Waals surface area (Å²) in [5.74, 6) is 1.43. The Morgan fingerprint density at radius 3 is 2.34 bits per heavy atom. The van der Waals surface area contributed by atoms with E-state index in [9.17, 15) is 19.5 Å². The molecular formula is C43H64N2O5. The second-order valence-electron chi connectivity index (χ2n) is 18.7. The lowest BCUT2D eigenvalue weighted by molar-refractivity contribution is -0.246. The number of carboxylic acids is 1. The van der Waals surface area contributed by atoms with Gasteiger partial charge in [0.2, 0.25) is 5.91 Å². The van der Waals surface area contributed by atoms with Gasteiger partial charge < -0.3 is 20.8 Å². The summed E-state index contributed by atoms with van der Waals surface area (Å²) in [6, 6.07) is 7.47. The topological polar surface area (TPSA) is 116 Å². The minimum atomic E-state index is -0.823. The van der Waals surface area contributed by atoms with Crippen LogP contribution in [-0.2, 0) is 16.1 Å². The van der Waals surface area contributed by atoms with Gasteiger partial charge in [-0.1, -0.05) is 58.9 Å². The predicted molar refractivity (Wildman–Crippen MR) is 197 cm³/mol. The Hall–Kier alpha value is -2.67. The highest BCUT2D eigenvalue weighted by molar-refractivity contribution is 5.94. The van der Waals surface area contributed by atoms with E-state index >= 15 is 0 Å². The summed E-state index contributed by atoms with van der Waals surface area (Å²) in [5, 5.41) is 26.2. The van der Waals surface area contributed by atoms with E-state index < -0.39 is 11.4 Å². The number of aliphatic carboxylic acids is 1. The predicted octanol–water partition coefficient (Wildman–Crippen LogP) is 8.31. The minimum Gasteiger partial charge on any atom is -0.481 e. The van der Waals surface area contributed by atoms with E-state index in [1.54, 1.807) is 6.07 Å². The summed E-state index contributed by atoms with van der Waals surface area (Å²) in [7, 11) is 0. The van der Waals surface area contributed by atoms with Crippen molar-refractivity contribution in [2.24, 2.45) is 56.7 Å². The summed E-state index contributed by atoms with van der Waals surface area (Å²) < 4.78 is 0. The first-order valence-electron chi connectivity index (χ1n) is 19.7. The molecule has 5 fully saturated rings. The highest BCUT2D eigenvalue weighted by atomic mass is 16.4. The molecule has 0 aliphatic heterocycles. The lowest BCUT2D eigenvalue weighted by Crippen LogP contribution is -2.67. The van der Waals surface area contributed by atoms with E-state index in [1.165, 1.54) is 31.3 Å². The van der Waals surface area contributed by atoms with Gasteiger partial charge in [-0.2, -0.15) is 0 Å². The fraction of sp³-hybridized carbons (Fsp3) is 0.744. The molecule has 0 radical (unpaired) electrons. The number of amides is 2. The van der Waals surface area contributed by atoms with Crippen molar-refractivity contribution in [3.63, 3.8) is 0 Å². The van der Waals surface area contributed by atoms with Crippen LogP contribution in [0.4, 0.5) is 0 Å². The van der Waals surface area contributed by atoms with Crippen molar-refractivity contribution in [2.45, 2.75) is 138 Å². The maximum atomic E-state index is 14.6. The van der Waals surface area contributed by atoms with Gasteiger partial charge in [0.05, 0.1) is 11.5 Å². The number of aliphatic hydroxyl groups excluding tert-OH is 1. The number of hydrogen-bond donors (Lipinski definition) is 4. The first kappa shape index (κ1) is 37.1. The van der Waals surface area contributed by atoms with Gasteiger partial charge in [0.25, 0.3) is 5.91 Å². The quantitative estimate of drug-likeness (QED) is 0.146. The normalized spacial score (nSPS) is 40.0. The van der Waals surface area contributed by atoms with E-state index in [2.05, 4.69) is 58.8 Å². The maximum Gasteiger partial charge on any atom is 0.303 e. The lowest BCUT2D eigenvalue weighted by atomic mass is 9.32. The first-order valence-corrected chi connectivity index (χ1v) is 19.7. The van der Waals surface area contributed by atoms with Gasteiger partial charge in [-0.15, -0.1) is 0 Å².